The fourth-order valence-corrected chi connectivity index (χ4v) is 1.10. The van der Waals surface area contributed by atoms with Gasteiger partial charge in [0.05, 0.1) is 7.11 Å². The number of hydrogen-bond acceptors (Lipinski definition) is 4. The molecule has 5 nitrogen and oxygen atoms in total. The zero-order valence-corrected chi connectivity index (χ0v) is 10.6. The van der Waals surface area contributed by atoms with Gasteiger partial charge < -0.3 is 15.6 Å². The van der Waals surface area contributed by atoms with Crippen molar-refractivity contribution in [3.05, 3.63) is 35.9 Å². The molecule has 0 radical (unpaired) electrons. The Bertz CT molecular complexity index is 434. The number of alkyl halides is 3. The zero-order valence-electron chi connectivity index (χ0n) is 10.6. The summed E-state index contributed by atoms with van der Waals surface area (Å²) in [7, 11) is 1.34. The number of carbonyl (C=O) groups is 2. The molecule has 1 aromatic carbocycles. The molecule has 0 aromatic heterocycles. The van der Waals surface area contributed by atoms with Crippen molar-refractivity contribution in [2.45, 2.75) is 18.6 Å². The van der Waals surface area contributed by atoms with Gasteiger partial charge in [0.25, 0.3) is 0 Å². The minimum absolute atomic E-state index is 0.371. The van der Waals surface area contributed by atoms with Crippen LogP contribution in [0.25, 0.3) is 0 Å². The van der Waals surface area contributed by atoms with E-state index in [0.717, 1.165) is 5.56 Å². The van der Waals surface area contributed by atoms with Crippen LogP contribution < -0.4 is 5.73 Å². The van der Waals surface area contributed by atoms with Gasteiger partial charge in [-0.2, -0.15) is 13.2 Å². The number of aliphatic carboxylic acids is 1. The third-order valence-electron chi connectivity index (χ3n) is 2.04. The summed E-state index contributed by atoms with van der Waals surface area (Å²) in [6.45, 7) is 0. The van der Waals surface area contributed by atoms with E-state index in [2.05, 4.69) is 4.74 Å². The molecule has 8 heteroatoms. The van der Waals surface area contributed by atoms with Gasteiger partial charge in [0, 0.05) is 0 Å². The lowest BCUT2D eigenvalue weighted by atomic mass is 10.1. The molecule has 0 aliphatic heterocycles. The van der Waals surface area contributed by atoms with Crippen molar-refractivity contribution in [2.24, 2.45) is 5.73 Å². The lowest BCUT2D eigenvalue weighted by Crippen LogP contribution is -2.33. The summed E-state index contributed by atoms with van der Waals surface area (Å²) in [4.78, 5) is 19.9. The van der Waals surface area contributed by atoms with Gasteiger partial charge in [-0.15, -0.1) is 0 Å². The van der Waals surface area contributed by atoms with E-state index < -0.39 is 18.2 Å². The van der Waals surface area contributed by atoms with Crippen molar-refractivity contribution < 1.29 is 32.6 Å². The minimum Gasteiger partial charge on any atom is -0.475 e. The van der Waals surface area contributed by atoms with Gasteiger partial charge in [0.1, 0.15) is 6.04 Å². The topological polar surface area (TPSA) is 89.6 Å². The average molecular weight is 293 g/mol. The van der Waals surface area contributed by atoms with Gasteiger partial charge in [-0.3, -0.25) is 4.79 Å². The highest BCUT2D eigenvalue weighted by molar-refractivity contribution is 5.75. The first kappa shape index (κ1) is 17.9. The van der Waals surface area contributed by atoms with Gasteiger partial charge in [-0.05, 0) is 12.0 Å². The van der Waals surface area contributed by atoms with Gasteiger partial charge >= 0.3 is 18.1 Å². The fourth-order valence-electron chi connectivity index (χ4n) is 1.10. The van der Waals surface area contributed by atoms with Crippen LogP contribution in [0.15, 0.2) is 30.3 Å². The summed E-state index contributed by atoms with van der Waals surface area (Å²) in [5.41, 5.74) is 6.63. The summed E-state index contributed by atoms with van der Waals surface area (Å²) in [6, 6.07) is 9.06. The van der Waals surface area contributed by atoms with Crippen molar-refractivity contribution in [3.63, 3.8) is 0 Å². The molecule has 3 N–H and O–H groups in total. The molecule has 0 aliphatic rings. The fraction of sp³-hybridized carbons (Fsp3) is 0.333. The van der Waals surface area contributed by atoms with Crippen LogP contribution in [0.2, 0.25) is 0 Å². The van der Waals surface area contributed by atoms with E-state index in [4.69, 9.17) is 15.6 Å². The third kappa shape index (κ3) is 7.37. The first-order chi connectivity index (χ1) is 9.18. The Hall–Kier alpha value is -2.09. The maximum absolute atomic E-state index is 11.0. The SMILES string of the molecule is COC(=O)[C@@H](N)Cc1ccccc1.O=C(O)C(F)(F)F. The number of hydrogen-bond donors (Lipinski definition) is 2. The molecule has 0 saturated carbocycles. The lowest BCUT2D eigenvalue weighted by molar-refractivity contribution is -0.192. The number of carboxylic acids is 1. The van der Waals surface area contributed by atoms with E-state index >= 15 is 0 Å². The third-order valence-corrected chi connectivity index (χ3v) is 2.04. The second-order valence-electron chi connectivity index (χ2n) is 3.62. The molecule has 0 bridgehead atoms. The number of carboxylic acid groups (broad SMARTS) is 1. The van der Waals surface area contributed by atoms with E-state index in [1.165, 1.54) is 7.11 Å². The van der Waals surface area contributed by atoms with Crippen LogP contribution in [-0.2, 0) is 20.7 Å². The molecule has 20 heavy (non-hydrogen) atoms. The number of benzene rings is 1. The number of rotatable bonds is 3. The van der Waals surface area contributed by atoms with Crippen molar-refractivity contribution in [2.75, 3.05) is 7.11 Å². The van der Waals surface area contributed by atoms with Crippen LogP contribution in [0.5, 0.6) is 0 Å². The second-order valence-corrected chi connectivity index (χ2v) is 3.62. The Balaban J connectivity index is 0.000000441. The van der Waals surface area contributed by atoms with Crippen LogP contribution >= 0.6 is 0 Å². The minimum atomic E-state index is -5.08. The summed E-state index contributed by atoms with van der Waals surface area (Å²) < 4.78 is 36.3. The summed E-state index contributed by atoms with van der Waals surface area (Å²) in [5, 5.41) is 7.12. The van der Waals surface area contributed by atoms with Gasteiger partial charge in [-0.25, -0.2) is 4.79 Å². The Morgan fingerprint density at radius 2 is 1.75 bits per heavy atom. The highest BCUT2D eigenvalue weighted by atomic mass is 19.4. The number of ether oxygens (including phenoxy) is 1. The average Bonchev–Trinajstić information content (AvgIpc) is 2.38. The number of carbonyl (C=O) groups excluding carboxylic acids is 1. The largest absolute Gasteiger partial charge is 0.490 e. The zero-order chi connectivity index (χ0) is 15.8. The van der Waals surface area contributed by atoms with Crippen molar-refractivity contribution in [1.82, 2.24) is 0 Å². The van der Waals surface area contributed by atoms with Crippen LogP contribution in [-0.4, -0.2) is 36.4 Å². The highest BCUT2D eigenvalue weighted by Crippen LogP contribution is 2.13. The lowest BCUT2D eigenvalue weighted by Gasteiger charge is -2.08. The van der Waals surface area contributed by atoms with E-state index in [-0.39, 0.29) is 5.97 Å². The van der Waals surface area contributed by atoms with Crippen LogP contribution in [0.3, 0.4) is 0 Å². The number of esters is 1. The van der Waals surface area contributed by atoms with Crippen LogP contribution in [0, 0.1) is 0 Å². The summed E-state index contributed by atoms with van der Waals surface area (Å²) in [5.74, 6) is -3.13. The standard InChI is InChI=1S/C10H13NO2.C2HF3O2/c1-13-10(12)9(11)7-8-5-3-2-4-6-8;3-2(4,5)1(6)7/h2-6,9H,7,11H2,1H3;(H,6,7)/t9-;/m0./s1. The highest BCUT2D eigenvalue weighted by Gasteiger charge is 2.38. The maximum Gasteiger partial charge on any atom is 0.490 e. The predicted molar refractivity (Wildman–Crippen MR) is 63.8 cm³/mol. The summed E-state index contributed by atoms with van der Waals surface area (Å²) in [6.07, 6.45) is -4.56. The molecule has 1 atom stereocenters. The Morgan fingerprint density at radius 1 is 1.30 bits per heavy atom. The van der Waals surface area contributed by atoms with Crippen LogP contribution in [0.4, 0.5) is 13.2 Å². The van der Waals surface area contributed by atoms with E-state index in [0.29, 0.717) is 6.42 Å². The monoisotopic (exact) mass is 293 g/mol. The van der Waals surface area contributed by atoms with E-state index in [9.17, 15) is 18.0 Å². The van der Waals surface area contributed by atoms with E-state index in [1.54, 1.807) is 0 Å². The first-order valence-electron chi connectivity index (χ1n) is 5.36. The number of nitrogens with two attached hydrogens (primary N) is 1. The molecule has 112 valence electrons. The number of halogens is 3. The first-order valence-corrected chi connectivity index (χ1v) is 5.36. The van der Waals surface area contributed by atoms with Crippen molar-refractivity contribution in [1.29, 1.82) is 0 Å². The molecule has 0 aliphatic carbocycles. The van der Waals surface area contributed by atoms with E-state index in [1.807, 2.05) is 30.3 Å². The molecule has 1 aromatic rings. The molecular weight excluding hydrogens is 279 g/mol. The Labute approximate surface area is 113 Å². The predicted octanol–water partition coefficient (Wildman–Crippen LogP) is 1.36. The molecule has 1 rings (SSSR count). The Kier molecular flexibility index (Phi) is 7.30. The van der Waals surface area contributed by atoms with Gasteiger partial charge in [0.15, 0.2) is 0 Å². The molecule has 0 heterocycles. The van der Waals surface area contributed by atoms with Crippen molar-refractivity contribution >= 4 is 11.9 Å². The quantitative estimate of drug-likeness (QED) is 0.821. The van der Waals surface area contributed by atoms with Gasteiger partial charge in [-0.1, -0.05) is 30.3 Å². The molecule has 0 spiro atoms. The smallest absolute Gasteiger partial charge is 0.475 e. The molecule has 0 unspecified atom stereocenters. The normalized spacial score (nSPS) is 11.8. The second kappa shape index (κ2) is 8.16. The Morgan fingerprint density at radius 3 is 2.10 bits per heavy atom. The van der Waals surface area contributed by atoms with Gasteiger partial charge in [0.2, 0.25) is 0 Å². The number of methoxy groups -OCH3 is 1. The molecule has 0 fully saturated rings. The maximum atomic E-state index is 11.0. The molecule has 0 saturated heterocycles. The van der Waals surface area contributed by atoms with Crippen LogP contribution in [0.1, 0.15) is 5.56 Å². The van der Waals surface area contributed by atoms with Crippen molar-refractivity contribution in [3.8, 4) is 0 Å². The molecular formula is C12H14F3NO4. The summed E-state index contributed by atoms with van der Waals surface area (Å²) >= 11 is 0. The molecule has 0 amide bonds.